The van der Waals surface area contributed by atoms with E-state index in [9.17, 15) is 14.4 Å². The first kappa shape index (κ1) is 8.36. The number of ketones is 1. The number of aromatic nitrogens is 3. The molecule has 0 saturated carbocycles. The third-order valence-corrected chi connectivity index (χ3v) is 3.40. The third kappa shape index (κ3) is 2.70. The predicted molar refractivity (Wildman–Crippen MR) is 81.7 cm³/mol. The number of hydrogen-bond acceptors (Lipinski definition) is 3. The molecule has 0 radical (unpaired) electrons. The van der Waals surface area contributed by atoms with Gasteiger partial charge in [0.25, 0.3) is 5.56 Å². The summed E-state index contributed by atoms with van der Waals surface area (Å²) in [6.07, 6.45) is -0.235. The molecule has 0 amide bonds. The maximum absolute atomic E-state index is 12.9. The molecule has 0 N–H and O–H groups in total. The summed E-state index contributed by atoms with van der Waals surface area (Å²) < 4.78 is 55.2. The van der Waals surface area contributed by atoms with Gasteiger partial charge >= 0.3 is 5.69 Å². The van der Waals surface area contributed by atoms with E-state index >= 15 is 0 Å². The molecule has 2 heterocycles. The van der Waals surface area contributed by atoms with Gasteiger partial charge in [-0.05, 0) is 32.1 Å². The molecule has 0 unspecified atom stereocenters. The highest BCUT2D eigenvalue weighted by molar-refractivity contribution is 5.79. The quantitative estimate of drug-likeness (QED) is 0.777. The Kier molecular flexibility index (Phi) is 2.27. The van der Waals surface area contributed by atoms with Gasteiger partial charge in [-0.2, -0.15) is 0 Å². The van der Waals surface area contributed by atoms with E-state index in [2.05, 4.69) is 0 Å². The molecule has 0 atom stereocenters. The van der Waals surface area contributed by atoms with Gasteiger partial charge in [0, 0.05) is 41.5 Å². The Bertz CT molecular complexity index is 1040. The van der Waals surface area contributed by atoms with E-state index < -0.39 is 36.3 Å². The number of aryl methyl sites for hydroxylation is 3. The molecule has 21 heavy (non-hydrogen) atoms. The second-order valence-corrected chi connectivity index (χ2v) is 4.92. The number of rotatable bonds is 5. The Morgan fingerprint density at radius 3 is 2.76 bits per heavy atom. The van der Waals surface area contributed by atoms with Gasteiger partial charge in [-0.1, -0.05) is 0 Å². The van der Waals surface area contributed by atoms with Crippen LogP contribution in [0.25, 0.3) is 11.0 Å². The summed E-state index contributed by atoms with van der Waals surface area (Å²) in [4.78, 5) is 36.9. The van der Waals surface area contributed by atoms with Crippen molar-refractivity contribution in [3.63, 3.8) is 0 Å². The number of Topliss-reactive ketones (excluding diaryl/α,β-unsaturated/α-hetero) is 1. The molecule has 6 heteroatoms. The van der Waals surface area contributed by atoms with Crippen LogP contribution in [0.5, 0.6) is 0 Å². The van der Waals surface area contributed by atoms with Crippen LogP contribution >= 0.6 is 0 Å². The molecule has 2 aromatic heterocycles. The fraction of sp³-hybridized carbons (Fsp3) is 0.533. The van der Waals surface area contributed by atoms with Crippen molar-refractivity contribution in [3.05, 3.63) is 32.6 Å². The van der Waals surface area contributed by atoms with Crippen molar-refractivity contribution in [2.24, 2.45) is 14.1 Å². The van der Waals surface area contributed by atoms with Crippen LogP contribution in [0.2, 0.25) is 0 Å². The SMILES string of the molecule is [2H]c1c(C([2H])([2H])[2H])c2c(=O)n(CCCCC(=O)C([2H])([2H])[2H])c(=O)n(C)c2n1C. The van der Waals surface area contributed by atoms with Crippen LogP contribution in [0, 0.1) is 6.85 Å². The monoisotopic (exact) mass is 298 g/mol. The molecule has 2 rings (SSSR count). The lowest BCUT2D eigenvalue weighted by molar-refractivity contribution is -0.117. The van der Waals surface area contributed by atoms with Crippen LogP contribution in [-0.2, 0) is 25.4 Å². The Morgan fingerprint density at radius 2 is 2.10 bits per heavy atom. The number of nitrogens with zero attached hydrogens (tertiary/aromatic N) is 3. The minimum absolute atomic E-state index is 0.0416. The van der Waals surface area contributed by atoms with Crippen molar-refractivity contribution in [3.8, 4) is 0 Å². The second-order valence-electron chi connectivity index (χ2n) is 4.92. The zero-order valence-electron chi connectivity index (χ0n) is 18.9. The van der Waals surface area contributed by atoms with Crippen LogP contribution in [-0.4, -0.2) is 19.5 Å². The normalized spacial score (nSPS) is 17.3. The highest BCUT2D eigenvalue weighted by Gasteiger charge is 2.15. The fourth-order valence-corrected chi connectivity index (χ4v) is 2.40. The Balaban J connectivity index is 2.48. The molecule has 0 aromatic carbocycles. The molecule has 0 aliphatic heterocycles. The van der Waals surface area contributed by atoms with E-state index in [0.29, 0.717) is 0 Å². The first-order valence-corrected chi connectivity index (χ1v) is 6.52. The van der Waals surface area contributed by atoms with Gasteiger partial charge in [-0.15, -0.1) is 0 Å². The summed E-state index contributed by atoms with van der Waals surface area (Å²) in [5.74, 6) is -0.894. The number of hydrogen-bond donors (Lipinski definition) is 0. The summed E-state index contributed by atoms with van der Waals surface area (Å²) >= 11 is 0. The van der Waals surface area contributed by atoms with Crippen LogP contribution in [0.4, 0.5) is 0 Å². The Labute approximate surface area is 132 Å². The van der Waals surface area contributed by atoms with E-state index in [-0.39, 0.29) is 43.0 Å². The van der Waals surface area contributed by atoms with Crippen LogP contribution < -0.4 is 11.2 Å². The summed E-state index contributed by atoms with van der Waals surface area (Å²) in [5.41, 5.74) is -1.88. The summed E-state index contributed by atoms with van der Waals surface area (Å²) in [7, 11) is 2.78. The van der Waals surface area contributed by atoms with Crippen molar-refractivity contribution >= 4 is 16.8 Å². The molecular weight excluding hydrogens is 270 g/mol. The molecule has 0 aliphatic carbocycles. The average molecular weight is 298 g/mol. The number of fused-ring (bicyclic) bond motifs is 1. The number of unbranched alkanes of at least 4 members (excludes halogenated alkanes) is 1. The molecular formula is C15H21N3O3. The predicted octanol–water partition coefficient (Wildman–Crippen LogP) is 1.11. The van der Waals surface area contributed by atoms with E-state index in [1.165, 1.54) is 18.7 Å². The molecule has 0 bridgehead atoms. The van der Waals surface area contributed by atoms with Crippen molar-refractivity contribution in [2.75, 3.05) is 0 Å². The highest BCUT2D eigenvalue weighted by Crippen LogP contribution is 2.13. The minimum Gasteiger partial charge on any atom is -0.336 e. The number of carbonyl (C=O) groups is 1. The zero-order chi connectivity index (χ0) is 21.6. The Hall–Kier alpha value is -2.11. The Morgan fingerprint density at radius 1 is 1.33 bits per heavy atom. The van der Waals surface area contributed by atoms with Gasteiger partial charge in [0.05, 0.1) is 6.76 Å². The third-order valence-electron chi connectivity index (χ3n) is 3.40. The standard InChI is InChI=1S/C15H21N3O3/c1-10-9-16(3)13-12(10)14(20)18(15(21)17(13)4)8-6-5-7-11(2)19/h9H,5-8H2,1-4H3/i1D3,2D3,9D. The second kappa shape index (κ2) is 5.71. The average Bonchev–Trinajstić information content (AvgIpc) is 2.83. The molecule has 114 valence electrons. The summed E-state index contributed by atoms with van der Waals surface area (Å²) in [6, 6.07) is 0. The lowest BCUT2D eigenvalue weighted by Gasteiger charge is -2.09. The van der Waals surface area contributed by atoms with Gasteiger partial charge in [0.1, 0.15) is 11.4 Å². The van der Waals surface area contributed by atoms with E-state index in [1.807, 2.05) is 0 Å². The fourth-order valence-electron chi connectivity index (χ4n) is 2.40. The molecule has 2 aromatic rings. The van der Waals surface area contributed by atoms with Crippen LogP contribution in [0.1, 0.15) is 41.3 Å². The van der Waals surface area contributed by atoms with Crippen molar-refractivity contribution in [1.82, 2.24) is 13.7 Å². The zero-order valence-corrected chi connectivity index (χ0v) is 11.9. The van der Waals surface area contributed by atoms with Gasteiger partial charge in [0.15, 0.2) is 0 Å². The molecule has 0 fully saturated rings. The van der Waals surface area contributed by atoms with E-state index in [0.717, 1.165) is 9.13 Å². The molecule has 6 nitrogen and oxygen atoms in total. The lowest BCUT2D eigenvalue weighted by Crippen LogP contribution is -2.39. The highest BCUT2D eigenvalue weighted by atomic mass is 16.2. The van der Waals surface area contributed by atoms with Crippen molar-refractivity contribution in [2.45, 2.75) is 39.5 Å². The maximum atomic E-state index is 12.9. The maximum Gasteiger partial charge on any atom is 0.332 e. The summed E-state index contributed by atoms with van der Waals surface area (Å²) in [5, 5.41) is -0.215. The van der Waals surface area contributed by atoms with E-state index in [4.69, 9.17) is 9.60 Å². The smallest absolute Gasteiger partial charge is 0.332 e. The molecule has 0 aliphatic rings. The van der Waals surface area contributed by atoms with Crippen LogP contribution in [0.15, 0.2) is 15.8 Å². The summed E-state index contributed by atoms with van der Waals surface area (Å²) in [6.45, 7) is -5.50. The van der Waals surface area contributed by atoms with Gasteiger partial charge < -0.3 is 9.36 Å². The van der Waals surface area contributed by atoms with Gasteiger partial charge in [0.2, 0.25) is 0 Å². The van der Waals surface area contributed by atoms with Crippen molar-refractivity contribution in [1.29, 1.82) is 0 Å². The van der Waals surface area contributed by atoms with Gasteiger partial charge in [-0.3, -0.25) is 13.9 Å². The molecule has 0 spiro atoms. The topological polar surface area (TPSA) is 66.0 Å². The van der Waals surface area contributed by atoms with E-state index in [1.54, 1.807) is 0 Å². The molecule has 0 saturated heterocycles. The lowest BCUT2D eigenvalue weighted by atomic mass is 10.2. The van der Waals surface area contributed by atoms with Crippen molar-refractivity contribution < 1.29 is 14.4 Å². The number of carbonyl (C=O) groups excluding carboxylic acids is 1. The largest absolute Gasteiger partial charge is 0.336 e. The minimum atomic E-state index is -2.71. The van der Waals surface area contributed by atoms with Crippen LogP contribution in [0.3, 0.4) is 0 Å². The first-order chi connectivity index (χ1) is 12.7. The first-order valence-electron chi connectivity index (χ1n) is 10.0. The van der Waals surface area contributed by atoms with Gasteiger partial charge in [-0.25, -0.2) is 4.79 Å².